The van der Waals surface area contributed by atoms with Crippen molar-refractivity contribution in [3.63, 3.8) is 0 Å². The normalized spacial score (nSPS) is 28.1. The third-order valence-electron chi connectivity index (χ3n) is 3.10. The molecule has 0 spiro atoms. The number of carboxylic acids is 1. The standard InChI is InChI=1S/C9H15NO2/c1-6(9(11)12)7-4-10(5-7)8-2-3-8/h6-8H,2-5H2,1H3,(H,11,12). The van der Waals surface area contributed by atoms with E-state index < -0.39 is 5.97 Å². The Morgan fingerprint density at radius 1 is 1.50 bits per heavy atom. The zero-order chi connectivity index (χ0) is 8.72. The van der Waals surface area contributed by atoms with Crippen molar-refractivity contribution in [3.8, 4) is 0 Å². The zero-order valence-electron chi connectivity index (χ0n) is 7.36. The highest BCUT2D eigenvalue weighted by molar-refractivity contribution is 5.70. The van der Waals surface area contributed by atoms with Gasteiger partial charge in [0, 0.05) is 19.1 Å². The second kappa shape index (κ2) is 2.73. The summed E-state index contributed by atoms with van der Waals surface area (Å²) in [7, 11) is 0. The van der Waals surface area contributed by atoms with Gasteiger partial charge in [-0.3, -0.25) is 9.69 Å². The van der Waals surface area contributed by atoms with Gasteiger partial charge in [0.2, 0.25) is 0 Å². The SMILES string of the molecule is CC(C(=O)O)C1CN(C2CC2)C1. The summed E-state index contributed by atoms with van der Waals surface area (Å²) in [6.45, 7) is 3.84. The number of rotatable bonds is 3. The molecule has 2 aliphatic rings. The molecule has 0 radical (unpaired) electrons. The van der Waals surface area contributed by atoms with Crippen molar-refractivity contribution in [1.29, 1.82) is 0 Å². The number of aliphatic carboxylic acids is 1. The summed E-state index contributed by atoms with van der Waals surface area (Å²) in [5, 5.41) is 8.74. The molecular weight excluding hydrogens is 154 g/mol. The lowest BCUT2D eigenvalue weighted by Crippen LogP contribution is -2.51. The molecule has 0 aromatic heterocycles. The monoisotopic (exact) mass is 169 g/mol. The fourth-order valence-corrected chi connectivity index (χ4v) is 1.80. The molecule has 1 aliphatic carbocycles. The van der Waals surface area contributed by atoms with E-state index in [-0.39, 0.29) is 5.92 Å². The minimum Gasteiger partial charge on any atom is -0.481 e. The average Bonchev–Trinajstić information content (AvgIpc) is 2.67. The minimum absolute atomic E-state index is 0.153. The van der Waals surface area contributed by atoms with Crippen LogP contribution in [-0.4, -0.2) is 35.1 Å². The lowest BCUT2D eigenvalue weighted by molar-refractivity contribution is -0.145. The van der Waals surface area contributed by atoms with Gasteiger partial charge in [-0.25, -0.2) is 0 Å². The van der Waals surface area contributed by atoms with Crippen LogP contribution < -0.4 is 0 Å². The number of hydrogen-bond donors (Lipinski definition) is 1. The van der Waals surface area contributed by atoms with E-state index in [1.807, 2.05) is 6.92 Å². The maximum absolute atomic E-state index is 10.6. The Kier molecular flexibility index (Phi) is 1.83. The fourth-order valence-electron chi connectivity index (χ4n) is 1.80. The van der Waals surface area contributed by atoms with Crippen molar-refractivity contribution in [2.45, 2.75) is 25.8 Å². The lowest BCUT2D eigenvalue weighted by Gasteiger charge is -2.41. The van der Waals surface area contributed by atoms with Gasteiger partial charge in [-0.15, -0.1) is 0 Å². The third-order valence-corrected chi connectivity index (χ3v) is 3.10. The maximum atomic E-state index is 10.6. The molecule has 0 aromatic carbocycles. The van der Waals surface area contributed by atoms with E-state index in [1.54, 1.807) is 0 Å². The molecule has 0 amide bonds. The van der Waals surface area contributed by atoms with Crippen LogP contribution in [0.3, 0.4) is 0 Å². The molecule has 1 aliphatic heterocycles. The molecule has 1 saturated heterocycles. The summed E-state index contributed by atoms with van der Waals surface area (Å²) in [5.41, 5.74) is 0. The average molecular weight is 169 g/mol. The van der Waals surface area contributed by atoms with Crippen LogP contribution in [0.2, 0.25) is 0 Å². The second-order valence-electron chi connectivity index (χ2n) is 4.07. The molecule has 3 nitrogen and oxygen atoms in total. The van der Waals surface area contributed by atoms with Crippen LogP contribution in [0.4, 0.5) is 0 Å². The van der Waals surface area contributed by atoms with E-state index in [0.29, 0.717) is 5.92 Å². The second-order valence-corrected chi connectivity index (χ2v) is 4.07. The van der Waals surface area contributed by atoms with Gasteiger partial charge in [-0.2, -0.15) is 0 Å². The Labute approximate surface area is 72.4 Å². The first-order valence-corrected chi connectivity index (χ1v) is 4.65. The van der Waals surface area contributed by atoms with Crippen LogP contribution in [0.5, 0.6) is 0 Å². The summed E-state index contributed by atoms with van der Waals surface area (Å²) in [6.07, 6.45) is 2.66. The highest BCUT2D eigenvalue weighted by atomic mass is 16.4. The van der Waals surface area contributed by atoms with Gasteiger partial charge >= 0.3 is 5.97 Å². The van der Waals surface area contributed by atoms with Crippen molar-refractivity contribution in [2.75, 3.05) is 13.1 Å². The van der Waals surface area contributed by atoms with Gasteiger partial charge in [0.1, 0.15) is 0 Å². The van der Waals surface area contributed by atoms with E-state index in [0.717, 1.165) is 19.1 Å². The van der Waals surface area contributed by atoms with Crippen molar-refractivity contribution >= 4 is 5.97 Å². The zero-order valence-corrected chi connectivity index (χ0v) is 7.36. The first-order chi connectivity index (χ1) is 5.68. The highest BCUT2D eigenvalue weighted by Gasteiger charge is 2.41. The Bertz CT molecular complexity index is 195. The van der Waals surface area contributed by atoms with E-state index >= 15 is 0 Å². The topological polar surface area (TPSA) is 40.5 Å². The molecule has 2 fully saturated rings. The Morgan fingerprint density at radius 3 is 2.50 bits per heavy atom. The Morgan fingerprint density at radius 2 is 2.08 bits per heavy atom. The van der Waals surface area contributed by atoms with Crippen LogP contribution in [0, 0.1) is 11.8 Å². The van der Waals surface area contributed by atoms with Crippen molar-refractivity contribution < 1.29 is 9.90 Å². The molecule has 68 valence electrons. The Hall–Kier alpha value is -0.570. The number of hydrogen-bond acceptors (Lipinski definition) is 2. The van der Waals surface area contributed by atoms with Crippen LogP contribution in [-0.2, 0) is 4.79 Å². The van der Waals surface area contributed by atoms with E-state index in [2.05, 4.69) is 4.90 Å². The van der Waals surface area contributed by atoms with Gasteiger partial charge in [-0.05, 0) is 18.8 Å². The summed E-state index contributed by atoms with van der Waals surface area (Å²) < 4.78 is 0. The van der Waals surface area contributed by atoms with Crippen LogP contribution in [0.25, 0.3) is 0 Å². The maximum Gasteiger partial charge on any atom is 0.306 e. The molecule has 0 bridgehead atoms. The molecule has 1 N–H and O–H groups in total. The van der Waals surface area contributed by atoms with Crippen molar-refractivity contribution in [2.24, 2.45) is 11.8 Å². The summed E-state index contributed by atoms with van der Waals surface area (Å²) in [4.78, 5) is 13.0. The quantitative estimate of drug-likeness (QED) is 0.679. The molecular formula is C9H15NO2. The first kappa shape index (κ1) is 8.05. The van der Waals surface area contributed by atoms with Crippen molar-refractivity contribution in [3.05, 3.63) is 0 Å². The van der Waals surface area contributed by atoms with E-state index in [1.165, 1.54) is 12.8 Å². The van der Waals surface area contributed by atoms with Crippen molar-refractivity contribution in [1.82, 2.24) is 4.90 Å². The smallest absolute Gasteiger partial charge is 0.306 e. The molecule has 1 unspecified atom stereocenters. The summed E-state index contributed by atoms with van der Waals surface area (Å²) >= 11 is 0. The van der Waals surface area contributed by atoms with Crippen LogP contribution in [0.15, 0.2) is 0 Å². The Balaban J connectivity index is 1.76. The van der Waals surface area contributed by atoms with E-state index in [4.69, 9.17) is 5.11 Å². The van der Waals surface area contributed by atoms with Gasteiger partial charge in [0.05, 0.1) is 5.92 Å². The van der Waals surface area contributed by atoms with Gasteiger partial charge in [-0.1, -0.05) is 6.92 Å². The molecule has 0 aromatic rings. The molecule has 2 rings (SSSR count). The number of nitrogens with zero attached hydrogens (tertiary/aromatic N) is 1. The third kappa shape index (κ3) is 1.33. The molecule has 3 heteroatoms. The number of carboxylic acid groups (broad SMARTS) is 1. The first-order valence-electron chi connectivity index (χ1n) is 4.65. The fraction of sp³-hybridized carbons (Fsp3) is 0.889. The predicted molar refractivity (Wildman–Crippen MR) is 44.9 cm³/mol. The molecule has 1 heterocycles. The molecule has 1 saturated carbocycles. The van der Waals surface area contributed by atoms with E-state index in [9.17, 15) is 4.79 Å². The van der Waals surface area contributed by atoms with Gasteiger partial charge in [0.25, 0.3) is 0 Å². The highest BCUT2D eigenvalue weighted by Crippen LogP contribution is 2.35. The van der Waals surface area contributed by atoms with Gasteiger partial charge in [0.15, 0.2) is 0 Å². The number of carbonyl (C=O) groups is 1. The van der Waals surface area contributed by atoms with Crippen LogP contribution in [0.1, 0.15) is 19.8 Å². The molecule has 1 atom stereocenters. The predicted octanol–water partition coefficient (Wildman–Crippen LogP) is 0.801. The van der Waals surface area contributed by atoms with Crippen LogP contribution >= 0.6 is 0 Å². The largest absolute Gasteiger partial charge is 0.481 e. The summed E-state index contributed by atoms with van der Waals surface area (Å²) in [5.74, 6) is -0.390. The van der Waals surface area contributed by atoms with Gasteiger partial charge < -0.3 is 5.11 Å². The minimum atomic E-state index is -0.643. The summed E-state index contributed by atoms with van der Waals surface area (Å²) in [6, 6.07) is 0.808. The lowest BCUT2D eigenvalue weighted by atomic mass is 9.87. The number of likely N-dealkylation sites (tertiary alicyclic amines) is 1. The molecule has 12 heavy (non-hydrogen) atoms.